The number of amides is 1. The summed E-state index contributed by atoms with van der Waals surface area (Å²) in [5.41, 5.74) is 0. The summed E-state index contributed by atoms with van der Waals surface area (Å²) in [6.45, 7) is 4.89. The van der Waals surface area contributed by atoms with E-state index in [0.29, 0.717) is 12.6 Å². The van der Waals surface area contributed by atoms with E-state index in [4.69, 9.17) is 4.74 Å². The highest BCUT2D eigenvalue weighted by Crippen LogP contribution is 2.17. The van der Waals surface area contributed by atoms with Crippen LogP contribution in [0.3, 0.4) is 0 Å². The Bertz CT molecular complexity index is 228. The Morgan fingerprint density at radius 3 is 2.63 bits per heavy atom. The Morgan fingerprint density at radius 2 is 1.89 bits per heavy atom. The molecule has 0 atom stereocenters. The molecular formula is C15H30N2O2. The van der Waals surface area contributed by atoms with Gasteiger partial charge in [0, 0.05) is 6.04 Å². The highest BCUT2D eigenvalue weighted by Gasteiger charge is 2.15. The summed E-state index contributed by atoms with van der Waals surface area (Å²) in [4.78, 5) is 11.5. The first-order chi connectivity index (χ1) is 9.33. The molecular weight excluding hydrogens is 240 g/mol. The second kappa shape index (κ2) is 11.1. The minimum absolute atomic E-state index is 0.226. The van der Waals surface area contributed by atoms with E-state index >= 15 is 0 Å². The Kier molecular flexibility index (Phi) is 9.51. The van der Waals surface area contributed by atoms with E-state index in [2.05, 4.69) is 17.6 Å². The van der Waals surface area contributed by atoms with Gasteiger partial charge in [-0.25, -0.2) is 4.79 Å². The molecule has 1 saturated carbocycles. The Hall–Kier alpha value is -0.770. The maximum Gasteiger partial charge on any atom is 0.407 e. The van der Waals surface area contributed by atoms with Crippen LogP contribution < -0.4 is 10.6 Å². The minimum atomic E-state index is -0.226. The normalized spacial score (nSPS) is 16.3. The van der Waals surface area contributed by atoms with Gasteiger partial charge < -0.3 is 15.4 Å². The summed E-state index contributed by atoms with van der Waals surface area (Å²) >= 11 is 0. The molecule has 112 valence electrons. The van der Waals surface area contributed by atoms with Gasteiger partial charge in [-0.2, -0.15) is 0 Å². The predicted octanol–water partition coefficient (Wildman–Crippen LogP) is 3.22. The highest BCUT2D eigenvalue weighted by atomic mass is 16.5. The highest BCUT2D eigenvalue weighted by molar-refractivity contribution is 5.67. The lowest BCUT2D eigenvalue weighted by molar-refractivity contribution is 0.137. The fraction of sp³-hybridized carbons (Fsp3) is 0.933. The van der Waals surface area contributed by atoms with E-state index < -0.39 is 0 Å². The van der Waals surface area contributed by atoms with Gasteiger partial charge in [0.05, 0.1) is 6.61 Å². The van der Waals surface area contributed by atoms with Crippen molar-refractivity contribution in [1.82, 2.24) is 10.6 Å². The molecule has 0 saturated heterocycles. The molecule has 0 aromatic carbocycles. The van der Waals surface area contributed by atoms with Crippen molar-refractivity contribution in [2.24, 2.45) is 0 Å². The van der Waals surface area contributed by atoms with Crippen LogP contribution >= 0.6 is 0 Å². The van der Waals surface area contributed by atoms with Gasteiger partial charge in [0.25, 0.3) is 0 Å². The Balaban J connectivity index is 1.87. The summed E-state index contributed by atoms with van der Waals surface area (Å²) in [5.74, 6) is 0. The van der Waals surface area contributed by atoms with Gasteiger partial charge in [-0.3, -0.25) is 0 Å². The molecule has 0 radical (unpaired) electrons. The van der Waals surface area contributed by atoms with Crippen molar-refractivity contribution in [2.75, 3.05) is 19.7 Å². The average Bonchev–Trinajstić information content (AvgIpc) is 2.43. The van der Waals surface area contributed by atoms with Crippen molar-refractivity contribution >= 4 is 6.09 Å². The molecule has 1 rings (SSSR count). The van der Waals surface area contributed by atoms with Crippen LogP contribution in [0.2, 0.25) is 0 Å². The molecule has 0 spiro atoms. The summed E-state index contributed by atoms with van der Waals surface area (Å²) in [6, 6.07) is 0.347. The van der Waals surface area contributed by atoms with Crippen molar-refractivity contribution in [3.63, 3.8) is 0 Å². The molecule has 0 unspecified atom stereocenters. The summed E-state index contributed by atoms with van der Waals surface area (Å²) in [7, 11) is 0. The fourth-order valence-corrected chi connectivity index (χ4v) is 2.45. The summed E-state index contributed by atoms with van der Waals surface area (Å²) < 4.78 is 5.20. The first-order valence-electron chi connectivity index (χ1n) is 7.97. The number of hydrogen-bond acceptors (Lipinski definition) is 3. The van der Waals surface area contributed by atoms with Crippen LogP contribution in [0, 0.1) is 0 Å². The van der Waals surface area contributed by atoms with Crippen molar-refractivity contribution in [3.05, 3.63) is 0 Å². The molecule has 0 bridgehead atoms. The molecule has 4 nitrogen and oxygen atoms in total. The second-order valence-corrected chi connectivity index (χ2v) is 5.43. The van der Waals surface area contributed by atoms with E-state index in [1.807, 2.05) is 0 Å². The number of unbranched alkanes of at least 4 members (excludes halogenated alkanes) is 2. The minimum Gasteiger partial charge on any atom is -0.450 e. The van der Waals surface area contributed by atoms with Gasteiger partial charge in [0.2, 0.25) is 0 Å². The molecule has 1 aliphatic rings. The van der Waals surface area contributed by atoms with Gasteiger partial charge in [-0.05, 0) is 51.6 Å². The van der Waals surface area contributed by atoms with Gasteiger partial charge in [-0.1, -0.05) is 26.2 Å². The van der Waals surface area contributed by atoms with E-state index in [-0.39, 0.29) is 6.09 Å². The van der Waals surface area contributed by atoms with Crippen LogP contribution in [0.1, 0.15) is 64.7 Å². The third-order valence-electron chi connectivity index (χ3n) is 3.58. The molecule has 1 fully saturated rings. The summed E-state index contributed by atoms with van der Waals surface area (Å²) in [6.07, 6.45) is 10.2. The van der Waals surface area contributed by atoms with Crippen molar-refractivity contribution in [3.8, 4) is 0 Å². The number of nitrogens with one attached hydrogen (secondary N) is 2. The number of rotatable bonds is 9. The number of alkyl carbamates (subject to hydrolysis) is 1. The van der Waals surface area contributed by atoms with E-state index in [0.717, 1.165) is 45.2 Å². The SMILES string of the molecule is CCCNCCCCCOC(=O)NC1CCCCC1. The zero-order valence-electron chi connectivity index (χ0n) is 12.4. The van der Waals surface area contributed by atoms with Crippen molar-refractivity contribution in [2.45, 2.75) is 70.8 Å². The van der Waals surface area contributed by atoms with Gasteiger partial charge >= 0.3 is 6.09 Å². The van der Waals surface area contributed by atoms with E-state index in [1.54, 1.807) is 0 Å². The Morgan fingerprint density at radius 1 is 1.11 bits per heavy atom. The standard InChI is InChI=1S/C15H30N2O2/c1-2-11-16-12-7-4-8-13-19-15(18)17-14-9-5-3-6-10-14/h14,16H,2-13H2,1H3,(H,17,18). The number of hydrogen-bond donors (Lipinski definition) is 2. The molecule has 0 aliphatic heterocycles. The molecule has 0 aromatic rings. The first-order valence-corrected chi connectivity index (χ1v) is 7.97. The van der Waals surface area contributed by atoms with Crippen molar-refractivity contribution < 1.29 is 9.53 Å². The molecule has 4 heteroatoms. The van der Waals surface area contributed by atoms with Crippen LogP contribution in [0.5, 0.6) is 0 Å². The lowest BCUT2D eigenvalue weighted by Crippen LogP contribution is -2.36. The number of carbonyl (C=O) groups excluding carboxylic acids is 1. The molecule has 0 heterocycles. The largest absolute Gasteiger partial charge is 0.450 e. The first kappa shape index (κ1) is 16.3. The fourth-order valence-electron chi connectivity index (χ4n) is 2.45. The van der Waals surface area contributed by atoms with Crippen LogP contribution in [0.15, 0.2) is 0 Å². The van der Waals surface area contributed by atoms with Crippen molar-refractivity contribution in [1.29, 1.82) is 0 Å². The van der Waals surface area contributed by atoms with E-state index in [9.17, 15) is 4.79 Å². The smallest absolute Gasteiger partial charge is 0.407 e. The molecule has 19 heavy (non-hydrogen) atoms. The zero-order chi connectivity index (χ0) is 13.8. The van der Waals surface area contributed by atoms with Crippen LogP contribution in [0.4, 0.5) is 4.79 Å². The lowest BCUT2D eigenvalue weighted by atomic mass is 9.96. The third kappa shape index (κ3) is 8.87. The summed E-state index contributed by atoms with van der Waals surface area (Å²) in [5, 5.41) is 6.33. The number of ether oxygens (including phenoxy) is 1. The van der Waals surface area contributed by atoms with Crippen LogP contribution in [-0.4, -0.2) is 31.8 Å². The second-order valence-electron chi connectivity index (χ2n) is 5.43. The maximum atomic E-state index is 11.5. The van der Waals surface area contributed by atoms with Crippen LogP contribution in [-0.2, 0) is 4.74 Å². The molecule has 1 amide bonds. The monoisotopic (exact) mass is 270 g/mol. The van der Waals surface area contributed by atoms with Gasteiger partial charge in [-0.15, -0.1) is 0 Å². The predicted molar refractivity (Wildman–Crippen MR) is 78.4 cm³/mol. The zero-order valence-corrected chi connectivity index (χ0v) is 12.4. The molecule has 1 aliphatic carbocycles. The topological polar surface area (TPSA) is 50.4 Å². The van der Waals surface area contributed by atoms with Crippen LogP contribution in [0.25, 0.3) is 0 Å². The molecule has 0 aromatic heterocycles. The lowest BCUT2D eigenvalue weighted by Gasteiger charge is -2.22. The molecule has 2 N–H and O–H groups in total. The average molecular weight is 270 g/mol. The Labute approximate surface area is 117 Å². The quantitative estimate of drug-likeness (QED) is 0.633. The maximum absolute atomic E-state index is 11.5. The van der Waals surface area contributed by atoms with Gasteiger partial charge in [0.15, 0.2) is 0 Å². The number of carbonyl (C=O) groups is 1. The van der Waals surface area contributed by atoms with E-state index in [1.165, 1.54) is 25.7 Å². The van der Waals surface area contributed by atoms with Gasteiger partial charge in [0.1, 0.15) is 0 Å². The third-order valence-corrected chi connectivity index (χ3v) is 3.58.